The van der Waals surface area contributed by atoms with Crippen molar-refractivity contribution < 1.29 is 9.84 Å². The molecule has 0 fully saturated rings. The Hall–Kier alpha value is -1.06. The van der Waals surface area contributed by atoms with Crippen LogP contribution in [0.3, 0.4) is 0 Å². The zero-order chi connectivity index (χ0) is 14.1. The van der Waals surface area contributed by atoms with Gasteiger partial charge in [-0.2, -0.15) is 0 Å². The van der Waals surface area contributed by atoms with Crippen LogP contribution in [0.15, 0.2) is 24.3 Å². The second kappa shape index (κ2) is 8.94. The van der Waals surface area contributed by atoms with Crippen LogP contribution in [-0.4, -0.2) is 24.3 Å². The second-order valence-electron chi connectivity index (χ2n) is 4.83. The number of benzene rings is 1. The van der Waals surface area contributed by atoms with E-state index in [-0.39, 0.29) is 6.04 Å². The first-order chi connectivity index (χ1) is 9.22. The van der Waals surface area contributed by atoms with Crippen LogP contribution >= 0.6 is 0 Å². The number of aliphatic hydroxyl groups excluding tert-OH is 1. The Morgan fingerprint density at radius 2 is 1.79 bits per heavy atom. The number of rotatable bonds is 9. The van der Waals surface area contributed by atoms with E-state index in [1.165, 1.54) is 0 Å². The molecule has 2 unspecified atom stereocenters. The van der Waals surface area contributed by atoms with Gasteiger partial charge in [0.15, 0.2) is 0 Å². The van der Waals surface area contributed by atoms with E-state index in [4.69, 9.17) is 4.74 Å². The predicted octanol–water partition coefficient (Wildman–Crippen LogP) is 3.29. The Morgan fingerprint density at radius 1 is 1.11 bits per heavy atom. The number of aliphatic hydroxyl groups is 1. The van der Waals surface area contributed by atoms with Gasteiger partial charge in [-0.1, -0.05) is 32.9 Å². The van der Waals surface area contributed by atoms with Crippen LogP contribution in [0.2, 0.25) is 0 Å². The zero-order valence-corrected chi connectivity index (χ0v) is 12.4. The second-order valence-corrected chi connectivity index (χ2v) is 4.83. The third-order valence-electron chi connectivity index (χ3n) is 3.17. The Labute approximate surface area is 117 Å². The summed E-state index contributed by atoms with van der Waals surface area (Å²) in [6.07, 6.45) is 2.53. The van der Waals surface area contributed by atoms with Crippen LogP contribution in [0.4, 0.5) is 0 Å². The maximum Gasteiger partial charge on any atom is 0.119 e. The van der Waals surface area contributed by atoms with Crippen molar-refractivity contribution in [2.24, 2.45) is 0 Å². The van der Waals surface area contributed by atoms with Crippen molar-refractivity contribution in [2.45, 2.75) is 52.2 Å². The first-order valence-electron chi connectivity index (χ1n) is 7.37. The lowest BCUT2D eigenvalue weighted by Crippen LogP contribution is -2.34. The molecular formula is C16H27NO2. The van der Waals surface area contributed by atoms with Gasteiger partial charge in [-0.05, 0) is 43.5 Å². The van der Waals surface area contributed by atoms with Gasteiger partial charge in [-0.3, -0.25) is 0 Å². The zero-order valence-electron chi connectivity index (χ0n) is 12.4. The summed E-state index contributed by atoms with van der Waals surface area (Å²) >= 11 is 0. The standard InChI is InChI=1S/C16H27NO2/c1-4-11-17-15(6-3)16(18)13-7-9-14(10-8-13)19-12-5-2/h7-10,15-18H,4-6,11-12H2,1-3H3. The summed E-state index contributed by atoms with van der Waals surface area (Å²) in [5.41, 5.74) is 0.944. The molecule has 3 heteroatoms. The largest absolute Gasteiger partial charge is 0.494 e. The molecule has 0 radical (unpaired) electrons. The minimum atomic E-state index is -0.461. The van der Waals surface area contributed by atoms with Gasteiger partial charge in [-0.15, -0.1) is 0 Å². The molecule has 0 aliphatic heterocycles. The summed E-state index contributed by atoms with van der Waals surface area (Å²) in [6.45, 7) is 7.98. The minimum absolute atomic E-state index is 0.113. The molecule has 3 nitrogen and oxygen atoms in total. The third-order valence-corrected chi connectivity index (χ3v) is 3.17. The first-order valence-corrected chi connectivity index (χ1v) is 7.37. The van der Waals surface area contributed by atoms with E-state index in [0.717, 1.165) is 43.7 Å². The van der Waals surface area contributed by atoms with Crippen molar-refractivity contribution in [3.63, 3.8) is 0 Å². The van der Waals surface area contributed by atoms with E-state index >= 15 is 0 Å². The number of nitrogens with one attached hydrogen (secondary N) is 1. The monoisotopic (exact) mass is 265 g/mol. The molecular weight excluding hydrogens is 238 g/mol. The minimum Gasteiger partial charge on any atom is -0.494 e. The molecule has 0 aromatic heterocycles. The highest BCUT2D eigenvalue weighted by molar-refractivity contribution is 5.29. The fraction of sp³-hybridized carbons (Fsp3) is 0.625. The normalized spacial score (nSPS) is 14.1. The average Bonchev–Trinajstić information content (AvgIpc) is 2.46. The molecule has 108 valence electrons. The fourth-order valence-electron chi connectivity index (χ4n) is 2.02. The lowest BCUT2D eigenvalue weighted by atomic mass is 10.00. The molecule has 0 aliphatic rings. The van der Waals surface area contributed by atoms with Crippen LogP contribution in [0.5, 0.6) is 5.75 Å². The molecule has 0 bridgehead atoms. The summed E-state index contributed by atoms with van der Waals surface area (Å²) in [7, 11) is 0. The van der Waals surface area contributed by atoms with Gasteiger partial charge in [0, 0.05) is 6.04 Å². The van der Waals surface area contributed by atoms with Crippen LogP contribution in [0.1, 0.15) is 51.7 Å². The first kappa shape index (κ1) is 16.0. The Bertz CT molecular complexity index is 337. The number of hydrogen-bond acceptors (Lipinski definition) is 3. The number of hydrogen-bond donors (Lipinski definition) is 2. The topological polar surface area (TPSA) is 41.5 Å². The summed E-state index contributed by atoms with van der Waals surface area (Å²) in [5.74, 6) is 0.868. The molecule has 0 spiro atoms. The van der Waals surface area contributed by atoms with Gasteiger partial charge in [-0.25, -0.2) is 0 Å². The molecule has 0 aliphatic carbocycles. The van der Waals surface area contributed by atoms with Gasteiger partial charge in [0.1, 0.15) is 5.75 Å². The van der Waals surface area contributed by atoms with Crippen LogP contribution in [0.25, 0.3) is 0 Å². The van der Waals surface area contributed by atoms with Crippen molar-refractivity contribution in [1.29, 1.82) is 0 Å². The molecule has 0 amide bonds. The Balaban J connectivity index is 2.62. The molecule has 0 saturated heterocycles. The third kappa shape index (κ3) is 5.21. The van der Waals surface area contributed by atoms with E-state index in [1.807, 2.05) is 24.3 Å². The molecule has 0 heterocycles. The van der Waals surface area contributed by atoms with Crippen LogP contribution in [-0.2, 0) is 0 Å². The average molecular weight is 265 g/mol. The molecule has 1 aromatic rings. The van der Waals surface area contributed by atoms with E-state index in [9.17, 15) is 5.11 Å². The van der Waals surface area contributed by atoms with Crippen LogP contribution < -0.4 is 10.1 Å². The smallest absolute Gasteiger partial charge is 0.119 e. The number of ether oxygens (including phenoxy) is 1. The summed E-state index contributed by atoms with van der Waals surface area (Å²) in [6, 6.07) is 7.88. The van der Waals surface area contributed by atoms with E-state index in [2.05, 4.69) is 26.1 Å². The van der Waals surface area contributed by atoms with Crippen molar-refractivity contribution in [2.75, 3.05) is 13.2 Å². The lowest BCUT2D eigenvalue weighted by Gasteiger charge is -2.23. The van der Waals surface area contributed by atoms with Gasteiger partial charge < -0.3 is 15.2 Å². The maximum atomic E-state index is 10.4. The van der Waals surface area contributed by atoms with Crippen LogP contribution in [0, 0.1) is 0 Å². The van der Waals surface area contributed by atoms with Gasteiger partial charge >= 0.3 is 0 Å². The van der Waals surface area contributed by atoms with Gasteiger partial charge in [0.05, 0.1) is 12.7 Å². The van der Waals surface area contributed by atoms with Crippen molar-refractivity contribution in [1.82, 2.24) is 5.32 Å². The quantitative estimate of drug-likeness (QED) is 0.720. The Morgan fingerprint density at radius 3 is 2.32 bits per heavy atom. The summed E-state index contributed by atoms with van der Waals surface area (Å²) < 4.78 is 5.54. The lowest BCUT2D eigenvalue weighted by molar-refractivity contribution is 0.126. The van der Waals surface area contributed by atoms with E-state index < -0.39 is 6.10 Å². The molecule has 2 atom stereocenters. The molecule has 0 saturated carbocycles. The molecule has 2 N–H and O–H groups in total. The maximum absolute atomic E-state index is 10.4. The Kier molecular flexibility index (Phi) is 7.53. The molecule has 19 heavy (non-hydrogen) atoms. The van der Waals surface area contributed by atoms with Crippen molar-refractivity contribution >= 4 is 0 Å². The predicted molar refractivity (Wildman–Crippen MR) is 79.6 cm³/mol. The van der Waals surface area contributed by atoms with Gasteiger partial charge in [0.25, 0.3) is 0 Å². The van der Waals surface area contributed by atoms with E-state index in [0.29, 0.717) is 0 Å². The summed E-state index contributed by atoms with van der Waals surface area (Å²) in [5, 5.41) is 13.8. The molecule has 1 rings (SSSR count). The van der Waals surface area contributed by atoms with E-state index in [1.54, 1.807) is 0 Å². The van der Waals surface area contributed by atoms with Crippen molar-refractivity contribution in [3.8, 4) is 5.75 Å². The highest BCUT2D eigenvalue weighted by Gasteiger charge is 2.18. The summed E-state index contributed by atoms with van der Waals surface area (Å²) in [4.78, 5) is 0. The highest BCUT2D eigenvalue weighted by atomic mass is 16.5. The van der Waals surface area contributed by atoms with Gasteiger partial charge in [0.2, 0.25) is 0 Å². The van der Waals surface area contributed by atoms with Crippen molar-refractivity contribution in [3.05, 3.63) is 29.8 Å². The fourth-order valence-corrected chi connectivity index (χ4v) is 2.02. The molecule has 1 aromatic carbocycles. The SMILES string of the molecule is CCCNC(CC)C(O)c1ccc(OCCC)cc1. The highest BCUT2D eigenvalue weighted by Crippen LogP contribution is 2.22.